The maximum absolute atomic E-state index is 14.0. The molecule has 1 atom stereocenters. The number of aromatic nitrogens is 2. The molecule has 2 aliphatic rings. The fourth-order valence-corrected chi connectivity index (χ4v) is 5.70. The molecular weight excluding hydrogens is 462 g/mol. The van der Waals surface area contributed by atoms with Crippen LogP contribution in [0.25, 0.3) is 10.9 Å². The molecule has 1 saturated heterocycles. The molecule has 0 amide bonds. The Morgan fingerprint density at radius 3 is 2.31 bits per heavy atom. The van der Waals surface area contributed by atoms with E-state index < -0.39 is 17.2 Å². The van der Waals surface area contributed by atoms with Crippen LogP contribution in [0.3, 0.4) is 0 Å². The average Bonchev–Trinajstić information content (AvgIpc) is 3.03. The van der Waals surface area contributed by atoms with Gasteiger partial charge in [0, 0.05) is 12.0 Å². The van der Waals surface area contributed by atoms with Crippen molar-refractivity contribution in [3.05, 3.63) is 63.8 Å². The zero-order valence-corrected chi connectivity index (χ0v) is 21.5. The van der Waals surface area contributed by atoms with Crippen molar-refractivity contribution in [1.82, 2.24) is 9.78 Å². The molecule has 3 aromatic rings. The highest BCUT2D eigenvalue weighted by molar-refractivity contribution is 5.99. The van der Waals surface area contributed by atoms with Gasteiger partial charge >= 0.3 is 5.97 Å². The van der Waals surface area contributed by atoms with Crippen molar-refractivity contribution < 1.29 is 23.0 Å². The monoisotopic (exact) mass is 496 g/mol. The highest BCUT2D eigenvalue weighted by atomic mass is 19.2. The number of halogens is 2. The molecule has 0 saturated carbocycles. The second-order valence-corrected chi connectivity index (χ2v) is 11.1. The number of carbonyl (C=O) groups is 1. The smallest absolute Gasteiger partial charge is 0.338 e. The molecule has 1 fully saturated rings. The fraction of sp³-hybridized carbons (Fsp3) is 0.517. The molecule has 2 aromatic carbocycles. The zero-order valence-electron chi connectivity index (χ0n) is 21.5. The number of hydrogen-bond acceptors (Lipinski definition) is 4. The summed E-state index contributed by atoms with van der Waals surface area (Å²) in [5.41, 5.74) is 4.30. The summed E-state index contributed by atoms with van der Waals surface area (Å²) < 4.78 is 41.7. The predicted molar refractivity (Wildman–Crippen MR) is 134 cm³/mol. The van der Waals surface area contributed by atoms with E-state index in [1.165, 1.54) is 12.1 Å². The summed E-state index contributed by atoms with van der Waals surface area (Å²) >= 11 is 0. The summed E-state index contributed by atoms with van der Waals surface area (Å²) in [6.07, 6.45) is 5.57. The Labute approximate surface area is 210 Å². The topological polar surface area (TPSA) is 53.4 Å². The largest absolute Gasteiger partial charge is 0.456 e. The van der Waals surface area contributed by atoms with Gasteiger partial charge in [0.2, 0.25) is 0 Å². The second kappa shape index (κ2) is 9.58. The van der Waals surface area contributed by atoms with Gasteiger partial charge in [-0.3, -0.25) is 0 Å². The molecule has 5 nitrogen and oxygen atoms in total. The summed E-state index contributed by atoms with van der Waals surface area (Å²) in [6.45, 7) is 8.26. The predicted octanol–water partition coefficient (Wildman–Crippen LogP) is 6.94. The Bertz CT molecular complexity index is 1270. The van der Waals surface area contributed by atoms with Crippen LogP contribution in [0.15, 0.2) is 24.3 Å². The van der Waals surface area contributed by atoms with Crippen LogP contribution in [-0.2, 0) is 22.3 Å². The molecular formula is C29H34F2N2O3. The van der Waals surface area contributed by atoms with Crippen LogP contribution in [0.4, 0.5) is 8.78 Å². The Morgan fingerprint density at radius 1 is 1.06 bits per heavy atom. The van der Waals surface area contributed by atoms with Crippen molar-refractivity contribution in [3.8, 4) is 0 Å². The van der Waals surface area contributed by atoms with Crippen LogP contribution in [-0.4, -0.2) is 28.0 Å². The lowest BCUT2D eigenvalue weighted by atomic mass is 9.85. The maximum atomic E-state index is 14.0. The first-order chi connectivity index (χ1) is 17.1. The summed E-state index contributed by atoms with van der Waals surface area (Å²) in [6, 6.07) is 6.45. The first-order valence-corrected chi connectivity index (χ1v) is 13.0. The van der Waals surface area contributed by atoms with Gasteiger partial charge in [-0.25, -0.2) is 18.3 Å². The van der Waals surface area contributed by atoms with Crippen LogP contribution in [0.2, 0.25) is 0 Å². The lowest BCUT2D eigenvalue weighted by Crippen LogP contribution is -2.25. The van der Waals surface area contributed by atoms with Crippen molar-refractivity contribution in [2.24, 2.45) is 0 Å². The van der Waals surface area contributed by atoms with Crippen LogP contribution in [0.1, 0.15) is 97.8 Å². The van der Waals surface area contributed by atoms with Crippen LogP contribution >= 0.6 is 0 Å². The van der Waals surface area contributed by atoms with Gasteiger partial charge in [0.25, 0.3) is 0 Å². The van der Waals surface area contributed by atoms with Gasteiger partial charge in [-0.15, -0.1) is 0 Å². The number of carbonyl (C=O) groups excluding carboxylic acids is 1. The molecule has 1 aliphatic carbocycles. The summed E-state index contributed by atoms with van der Waals surface area (Å²) in [4.78, 5) is 13.4. The molecule has 1 aliphatic heterocycles. The van der Waals surface area contributed by atoms with Gasteiger partial charge in [0.1, 0.15) is 5.60 Å². The van der Waals surface area contributed by atoms with Gasteiger partial charge in [-0.2, -0.15) is 5.10 Å². The first-order valence-electron chi connectivity index (χ1n) is 13.0. The minimum atomic E-state index is -0.812. The maximum Gasteiger partial charge on any atom is 0.338 e. The number of nitrogens with zero attached hydrogens (tertiary/aromatic N) is 2. The molecule has 2 heterocycles. The molecule has 0 N–H and O–H groups in total. The summed E-state index contributed by atoms with van der Waals surface area (Å²) in [5.74, 6) is -1.97. The minimum Gasteiger partial charge on any atom is -0.456 e. The highest BCUT2D eigenvalue weighted by Crippen LogP contribution is 2.41. The fourth-order valence-electron chi connectivity index (χ4n) is 5.70. The molecule has 0 radical (unpaired) electrons. The quantitative estimate of drug-likeness (QED) is 0.291. The van der Waals surface area contributed by atoms with E-state index >= 15 is 0 Å². The standard InChI is InChI=1S/C29H34F2N2O3/c1-17-26-24(33(32-17)25-7-5-6-14-35-25)13-12-21(28(34)36-29(2,3)4)27(26)18-8-10-19-15-22(30)23(31)16-20(19)11-9-18/h12-13,15-16,18,25H,5-11,14H2,1-4H3. The van der Waals surface area contributed by atoms with Crippen LogP contribution in [0.5, 0.6) is 0 Å². The van der Waals surface area contributed by atoms with Gasteiger partial charge in [-0.1, -0.05) is 0 Å². The molecule has 0 spiro atoms. The van der Waals surface area contributed by atoms with Gasteiger partial charge in [0.05, 0.1) is 16.8 Å². The molecule has 0 bridgehead atoms. The van der Waals surface area contributed by atoms with E-state index in [9.17, 15) is 13.6 Å². The van der Waals surface area contributed by atoms with Crippen molar-refractivity contribution in [2.45, 2.75) is 90.4 Å². The van der Waals surface area contributed by atoms with Crippen molar-refractivity contribution in [3.63, 3.8) is 0 Å². The minimum absolute atomic E-state index is 0.0124. The van der Waals surface area contributed by atoms with Crippen LogP contribution in [0, 0.1) is 18.6 Å². The average molecular weight is 497 g/mol. The van der Waals surface area contributed by atoms with Crippen LogP contribution < -0.4 is 0 Å². The Kier molecular flexibility index (Phi) is 6.62. The van der Waals surface area contributed by atoms with E-state index in [-0.39, 0.29) is 18.1 Å². The number of esters is 1. The van der Waals surface area contributed by atoms with Gasteiger partial charge in [0.15, 0.2) is 17.9 Å². The number of hydrogen-bond donors (Lipinski definition) is 0. The zero-order chi connectivity index (χ0) is 25.6. The van der Waals surface area contributed by atoms with E-state index in [2.05, 4.69) is 0 Å². The number of ether oxygens (including phenoxy) is 2. The summed E-state index contributed by atoms with van der Waals surface area (Å²) in [7, 11) is 0. The van der Waals surface area contributed by atoms with Gasteiger partial charge < -0.3 is 9.47 Å². The summed E-state index contributed by atoms with van der Waals surface area (Å²) in [5, 5.41) is 5.83. The lowest BCUT2D eigenvalue weighted by Gasteiger charge is -2.25. The molecule has 1 aromatic heterocycles. The molecule has 36 heavy (non-hydrogen) atoms. The Hall–Kier alpha value is -2.80. The molecule has 7 heteroatoms. The van der Waals surface area contributed by atoms with Crippen molar-refractivity contribution >= 4 is 16.9 Å². The normalized spacial score (nSPS) is 19.2. The molecule has 5 rings (SSSR count). The molecule has 192 valence electrons. The van der Waals surface area contributed by atoms with Gasteiger partial charge in [-0.05, 0) is 120 Å². The number of benzene rings is 2. The third-order valence-electron chi connectivity index (χ3n) is 7.31. The number of fused-ring (bicyclic) bond motifs is 2. The third kappa shape index (κ3) is 4.77. The number of rotatable bonds is 3. The first kappa shape index (κ1) is 24.9. The lowest BCUT2D eigenvalue weighted by molar-refractivity contribution is -0.0368. The van der Waals surface area contributed by atoms with Crippen molar-refractivity contribution in [1.29, 1.82) is 0 Å². The third-order valence-corrected chi connectivity index (χ3v) is 7.31. The van der Waals surface area contributed by atoms with Crippen molar-refractivity contribution in [2.75, 3.05) is 6.61 Å². The SMILES string of the molecule is Cc1nn(C2CCCCO2)c2ccc(C(=O)OC(C)(C)C)c(C3CCc4cc(F)c(F)cc4CC3)c12. The Morgan fingerprint density at radius 2 is 1.72 bits per heavy atom. The Balaban J connectivity index is 1.61. The second-order valence-electron chi connectivity index (χ2n) is 11.1. The van der Waals surface area contributed by atoms with E-state index in [0.29, 0.717) is 25.0 Å². The van der Waals surface area contributed by atoms with E-state index in [1.807, 2.05) is 44.5 Å². The highest BCUT2D eigenvalue weighted by Gasteiger charge is 2.31. The molecule has 1 unspecified atom stereocenters. The van der Waals surface area contributed by atoms with E-state index in [1.54, 1.807) is 0 Å². The van der Waals surface area contributed by atoms with E-state index in [0.717, 1.165) is 65.4 Å². The van der Waals surface area contributed by atoms with E-state index in [4.69, 9.17) is 14.6 Å². The number of aryl methyl sites for hydroxylation is 3.